The van der Waals surface area contributed by atoms with Crippen LogP contribution in [0.2, 0.25) is 0 Å². The fourth-order valence-electron chi connectivity index (χ4n) is 3.66. The molecule has 0 aliphatic carbocycles. The molecule has 1 atom stereocenters. The van der Waals surface area contributed by atoms with Crippen LogP contribution in [0.25, 0.3) is 0 Å². The maximum Gasteiger partial charge on any atom is 0.248 e. The smallest absolute Gasteiger partial charge is 0.248 e. The summed E-state index contributed by atoms with van der Waals surface area (Å²) in [5.74, 6) is -2.04. The highest BCUT2D eigenvalue weighted by molar-refractivity contribution is 7.10. The van der Waals surface area contributed by atoms with Crippen LogP contribution < -0.4 is 10.2 Å². The number of thiophene rings is 1. The molecule has 4 nitrogen and oxygen atoms in total. The summed E-state index contributed by atoms with van der Waals surface area (Å²) in [6.45, 7) is 0.209. The summed E-state index contributed by atoms with van der Waals surface area (Å²) in [7, 11) is 0. The van der Waals surface area contributed by atoms with Gasteiger partial charge in [-0.1, -0.05) is 54.6 Å². The van der Waals surface area contributed by atoms with Gasteiger partial charge in [0.1, 0.15) is 17.7 Å². The fourth-order valence-corrected chi connectivity index (χ4v) is 4.36. The van der Waals surface area contributed by atoms with Gasteiger partial charge < -0.3 is 5.32 Å². The highest BCUT2D eigenvalue weighted by Crippen LogP contribution is 2.31. The fraction of sp³-hybridized carbons (Fsp3) is 0.111. The molecule has 0 saturated carbocycles. The lowest BCUT2D eigenvalue weighted by atomic mass is 10.0. The van der Waals surface area contributed by atoms with Crippen molar-refractivity contribution in [2.75, 3.05) is 4.90 Å². The Morgan fingerprint density at radius 1 is 0.853 bits per heavy atom. The summed E-state index contributed by atoms with van der Waals surface area (Å²) < 4.78 is 28.6. The SMILES string of the molecule is O=C(NCc1ccccc1)C(c1ccccc1F)N(C(=O)Cc1cccs1)c1ccc(F)cc1. The monoisotopic (exact) mass is 476 g/mol. The van der Waals surface area contributed by atoms with Gasteiger partial charge in [0.25, 0.3) is 0 Å². The number of benzene rings is 3. The molecule has 1 aromatic heterocycles. The van der Waals surface area contributed by atoms with Crippen LogP contribution in [-0.4, -0.2) is 11.8 Å². The molecule has 0 fully saturated rings. The largest absolute Gasteiger partial charge is 0.350 e. The molecule has 0 saturated heterocycles. The van der Waals surface area contributed by atoms with Crippen molar-refractivity contribution < 1.29 is 18.4 Å². The average molecular weight is 477 g/mol. The summed E-state index contributed by atoms with van der Waals surface area (Å²) in [6.07, 6.45) is 0.0198. The Labute approximate surface area is 200 Å². The van der Waals surface area contributed by atoms with Crippen molar-refractivity contribution in [1.82, 2.24) is 5.32 Å². The molecule has 2 amide bonds. The van der Waals surface area contributed by atoms with E-state index in [1.807, 2.05) is 47.8 Å². The number of carbonyl (C=O) groups excluding carboxylic acids is 2. The molecule has 172 valence electrons. The molecule has 1 N–H and O–H groups in total. The summed E-state index contributed by atoms with van der Waals surface area (Å²) >= 11 is 1.41. The van der Waals surface area contributed by atoms with Gasteiger partial charge in [0.2, 0.25) is 11.8 Å². The van der Waals surface area contributed by atoms with Crippen LogP contribution in [0.3, 0.4) is 0 Å². The number of halogens is 2. The van der Waals surface area contributed by atoms with E-state index in [2.05, 4.69) is 5.32 Å². The quantitative estimate of drug-likeness (QED) is 0.357. The zero-order chi connectivity index (χ0) is 23.9. The van der Waals surface area contributed by atoms with E-state index >= 15 is 0 Å². The highest BCUT2D eigenvalue weighted by atomic mass is 32.1. The molecule has 3 aromatic carbocycles. The third-order valence-corrected chi connectivity index (χ3v) is 6.17. The zero-order valence-electron chi connectivity index (χ0n) is 18.2. The molecule has 0 radical (unpaired) electrons. The van der Waals surface area contributed by atoms with Gasteiger partial charge in [-0.05, 0) is 47.3 Å². The molecule has 1 heterocycles. The lowest BCUT2D eigenvalue weighted by molar-refractivity contribution is -0.126. The van der Waals surface area contributed by atoms with Crippen LogP contribution in [0.15, 0.2) is 96.4 Å². The lowest BCUT2D eigenvalue weighted by Crippen LogP contribution is -2.44. The molecule has 0 aliphatic rings. The third-order valence-electron chi connectivity index (χ3n) is 5.29. The Hall–Kier alpha value is -3.84. The van der Waals surface area contributed by atoms with Gasteiger partial charge in [-0.15, -0.1) is 11.3 Å². The average Bonchev–Trinajstić information content (AvgIpc) is 3.36. The third kappa shape index (κ3) is 5.55. The van der Waals surface area contributed by atoms with Gasteiger partial charge in [0, 0.05) is 22.7 Å². The van der Waals surface area contributed by atoms with Crippen LogP contribution >= 0.6 is 11.3 Å². The van der Waals surface area contributed by atoms with Gasteiger partial charge in [-0.2, -0.15) is 0 Å². The first-order valence-electron chi connectivity index (χ1n) is 10.7. The minimum atomic E-state index is -1.29. The number of rotatable bonds is 8. The van der Waals surface area contributed by atoms with E-state index < -0.39 is 29.5 Å². The van der Waals surface area contributed by atoms with E-state index in [0.29, 0.717) is 5.69 Å². The number of anilines is 1. The standard InChI is InChI=1S/C27H22F2N2O2S/c28-20-12-14-21(15-13-20)31(25(32)17-22-9-6-16-34-22)26(23-10-4-5-11-24(23)29)27(33)30-18-19-7-2-1-3-8-19/h1-16,26H,17-18H2,(H,30,33). The van der Waals surface area contributed by atoms with Crippen LogP contribution in [-0.2, 0) is 22.6 Å². The van der Waals surface area contributed by atoms with Crippen LogP contribution in [0.1, 0.15) is 22.0 Å². The van der Waals surface area contributed by atoms with Gasteiger partial charge in [-0.25, -0.2) is 8.78 Å². The van der Waals surface area contributed by atoms with E-state index in [1.165, 1.54) is 58.7 Å². The zero-order valence-corrected chi connectivity index (χ0v) is 19.0. The first kappa shape index (κ1) is 23.3. The van der Waals surface area contributed by atoms with Crippen molar-refractivity contribution in [1.29, 1.82) is 0 Å². The first-order valence-corrected chi connectivity index (χ1v) is 11.6. The Kier molecular flexibility index (Phi) is 7.44. The Morgan fingerprint density at radius 2 is 1.56 bits per heavy atom. The molecule has 0 spiro atoms. The predicted octanol–water partition coefficient (Wildman–Crippen LogP) is 5.66. The Morgan fingerprint density at radius 3 is 2.24 bits per heavy atom. The molecule has 0 aliphatic heterocycles. The van der Waals surface area contributed by atoms with Crippen molar-refractivity contribution in [2.24, 2.45) is 0 Å². The van der Waals surface area contributed by atoms with E-state index in [9.17, 15) is 18.4 Å². The van der Waals surface area contributed by atoms with Crippen LogP contribution in [0.4, 0.5) is 14.5 Å². The number of amides is 2. The molecular formula is C27H22F2N2O2S. The second kappa shape index (κ2) is 10.9. The molecule has 0 bridgehead atoms. The Balaban J connectivity index is 1.74. The van der Waals surface area contributed by atoms with Crippen molar-refractivity contribution in [3.63, 3.8) is 0 Å². The predicted molar refractivity (Wildman–Crippen MR) is 129 cm³/mol. The second-order valence-corrected chi connectivity index (χ2v) is 8.66. The molecule has 4 aromatic rings. The number of hydrogen-bond donors (Lipinski definition) is 1. The number of nitrogens with zero attached hydrogens (tertiary/aromatic N) is 1. The lowest BCUT2D eigenvalue weighted by Gasteiger charge is -2.31. The first-order chi connectivity index (χ1) is 16.5. The van der Waals surface area contributed by atoms with E-state index in [4.69, 9.17) is 0 Å². The van der Waals surface area contributed by atoms with E-state index in [0.717, 1.165) is 10.4 Å². The molecule has 4 rings (SSSR count). The van der Waals surface area contributed by atoms with Gasteiger partial charge in [-0.3, -0.25) is 14.5 Å². The minimum absolute atomic E-state index is 0.0198. The summed E-state index contributed by atoms with van der Waals surface area (Å²) in [6, 6.07) is 22.8. The maximum absolute atomic E-state index is 15.0. The van der Waals surface area contributed by atoms with E-state index in [1.54, 1.807) is 6.07 Å². The molecule has 1 unspecified atom stereocenters. The van der Waals surface area contributed by atoms with E-state index in [-0.39, 0.29) is 18.5 Å². The summed E-state index contributed by atoms with van der Waals surface area (Å²) in [5, 5.41) is 4.68. The summed E-state index contributed by atoms with van der Waals surface area (Å²) in [5.41, 5.74) is 1.21. The minimum Gasteiger partial charge on any atom is -0.350 e. The number of hydrogen-bond acceptors (Lipinski definition) is 3. The van der Waals surface area contributed by atoms with Crippen molar-refractivity contribution in [3.8, 4) is 0 Å². The molecule has 7 heteroatoms. The topological polar surface area (TPSA) is 49.4 Å². The van der Waals surface area contributed by atoms with Crippen LogP contribution in [0.5, 0.6) is 0 Å². The second-order valence-electron chi connectivity index (χ2n) is 7.62. The number of nitrogens with one attached hydrogen (secondary N) is 1. The van der Waals surface area contributed by atoms with Crippen molar-refractivity contribution in [2.45, 2.75) is 19.0 Å². The maximum atomic E-state index is 15.0. The highest BCUT2D eigenvalue weighted by Gasteiger charge is 2.34. The number of carbonyl (C=O) groups is 2. The molecule has 34 heavy (non-hydrogen) atoms. The summed E-state index contributed by atoms with van der Waals surface area (Å²) in [4.78, 5) is 29.1. The van der Waals surface area contributed by atoms with Gasteiger partial charge in [0.05, 0.1) is 6.42 Å². The van der Waals surface area contributed by atoms with Gasteiger partial charge >= 0.3 is 0 Å². The van der Waals surface area contributed by atoms with Crippen LogP contribution in [0, 0.1) is 11.6 Å². The molecular weight excluding hydrogens is 454 g/mol. The normalized spacial score (nSPS) is 11.6. The van der Waals surface area contributed by atoms with Gasteiger partial charge in [0.15, 0.2) is 0 Å². The van der Waals surface area contributed by atoms with Crippen molar-refractivity contribution in [3.05, 3.63) is 124 Å². The Bertz CT molecular complexity index is 1250. The van der Waals surface area contributed by atoms with Crippen molar-refractivity contribution >= 4 is 28.8 Å².